The molecule has 0 aromatic heterocycles. The molecule has 1 amide bonds. The molecule has 0 bridgehead atoms. The van der Waals surface area contributed by atoms with E-state index in [1.807, 2.05) is 0 Å². The molecular weight excluding hydrogens is 354 g/mol. The van der Waals surface area contributed by atoms with Gasteiger partial charge < -0.3 is 14.5 Å². The summed E-state index contributed by atoms with van der Waals surface area (Å²) in [5.74, 6) is 0.536. The fraction of sp³-hybridized carbons (Fsp3) is 0.364. The summed E-state index contributed by atoms with van der Waals surface area (Å²) in [6.07, 6.45) is 0.782. The monoisotopic (exact) mass is 379 g/mol. The molecule has 0 radical (unpaired) electrons. The molecular formula is C22H25N3O3. The van der Waals surface area contributed by atoms with Gasteiger partial charge >= 0.3 is 0 Å². The fourth-order valence-corrected chi connectivity index (χ4v) is 3.66. The fourth-order valence-electron chi connectivity index (χ4n) is 3.66. The van der Waals surface area contributed by atoms with Gasteiger partial charge in [0.25, 0.3) is 5.91 Å². The Bertz CT molecular complexity index is 858. The highest BCUT2D eigenvalue weighted by molar-refractivity contribution is 5.98. The first-order valence-electron chi connectivity index (χ1n) is 9.63. The Balaban J connectivity index is 1.46. The Morgan fingerprint density at radius 2 is 1.64 bits per heavy atom. The predicted octanol–water partition coefficient (Wildman–Crippen LogP) is 2.17. The number of aldehydes is 1. The van der Waals surface area contributed by atoms with Crippen molar-refractivity contribution in [3.63, 3.8) is 0 Å². The minimum absolute atomic E-state index is 0.0227. The largest absolute Gasteiger partial charge is 0.482 e. The first-order valence-corrected chi connectivity index (χ1v) is 9.63. The lowest BCUT2D eigenvalue weighted by Crippen LogP contribution is -2.43. The molecule has 28 heavy (non-hydrogen) atoms. The van der Waals surface area contributed by atoms with Gasteiger partial charge in [-0.2, -0.15) is 0 Å². The second kappa shape index (κ2) is 8.12. The van der Waals surface area contributed by atoms with Crippen LogP contribution in [0, 0.1) is 0 Å². The van der Waals surface area contributed by atoms with Crippen molar-refractivity contribution < 1.29 is 14.3 Å². The summed E-state index contributed by atoms with van der Waals surface area (Å²) in [7, 11) is 2.16. The van der Waals surface area contributed by atoms with Gasteiger partial charge in [-0.3, -0.25) is 14.5 Å². The minimum atomic E-state index is -0.0999. The Kier molecular flexibility index (Phi) is 5.41. The quantitative estimate of drug-likeness (QED) is 0.746. The number of carbonyl (C=O) groups excluding carboxylic acids is 2. The maximum Gasteiger partial charge on any atom is 0.265 e. The van der Waals surface area contributed by atoms with Gasteiger partial charge in [0.2, 0.25) is 0 Å². The molecule has 0 N–H and O–H groups in total. The van der Waals surface area contributed by atoms with Gasteiger partial charge in [0.05, 0.1) is 12.2 Å². The molecule has 146 valence electrons. The number of ether oxygens (including phenoxy) is 1. The topological polar surface area (TPSA) is 53.1 Å². The highest BCUT2D eigenvalue weighted by atomic mass is 16.5. The summed E-state index contributed by atoms with van der Waals surface area (Å²) in [5, 5.41) is 0. The molecule has 6 nitrogen and oxygen atoms in total. The van der Waals surface area contributed by atoms with Crippen molar-refractivity contribution >= 4 is 17.9 Å². The van der Waals surface area contributed by atoms with Crippen LogP contribution in [0.2, 0.25) is 0 Å². The van der Waals surface area contributed by atoms with E-state index in [0.29, 0.717) is 23.5 Å². The van der Waals surface area contributed by atoms with Crippen LogP contribution in [0.4, 0.5) is 5.69 Å². The van der Waals surface area contributed by atoms with E-state index >= 15 is 0 Å². The van der Waals surface area contributed by atoms with Gasteiger partial charge in [-0.05, 0) is 36.4 Å². The highest BCUT2D eigenvalue weighted by Crippen LogP contribution is 2.33. The van der Waals surface area contributed by atoms with Crippen LogP contribution in [-0.2, 0) is 17.9 Å². The van der Waals surface area contributed by atoms with Gasteiger partial charge in [-0.25, -0.2) is 0 Å². The van der Waals surface area contributed by atoms with Crippen LogP contribution in [0.25, 0.3) is 0 Å². The zero-order valence-electron chi connectivity index (χ0n) is 16.1. The van der Waals surface area contributed by atoms with Gasteiger partial charge in [0.1, 0.15) is 12.0 Å². The van der Waals surface area contributed by atoms with Crippen LogP contribution < -0.4 is 9.64 Å². The zero-order valence-corrected chi connectivity index (χ0v) is 16.1. The number of hydrogen-bond donors (Lipinski definition) is 0. The van der Waals surface area contributed by atoms with E-state index in [4.69, 9.17) is 4.74 Å². The maximum atomic E-state index is 12.4. The Labute approximate surface area is 165 Å². The standard InChI is InChI=1S/C22H25N3O3/c1-23-8-10-24(11-9-23)13-17-2-4-18(5-3-17)14-25-20-12-19(15-26)6-7-21(20)28-16-22(25)27/h2-7,12,15H,8-11,13-14,16H2,1H3. The number of benzene rings is 2. The lowest BCUT2D eigenvalue weighted by atomic mass is 10.1. The van der Waals surface area contributed by atoms with Crippen molar-refractivity contribution in [2.24, 2.45) is 0 Å². The number of anilines is 1. The summed E-state index contributed by atoms with van der Waals surface area (Å²) < 4.78 is 5.50. The van der Waals surface area contributed by atoms with Crippen LogP contribution in [0.5, 0.6) is 5.75 Å². The predicted molar refractivity (Wildman–Crippen MR) is 108 cm³/mol. The molecule has 2 aliphatic heterocycles. The summed E-state index contributed by atoms with van der Waals surface area (Å²) >= 11 is 0. The van der Waals surface area contributed by atoms with E-state index in [1.54, 1.807) is 23.1 Å². The van der Waals surface area contributed by atoms with Gasteiger partial charge in [-0.15, -0.1) is 0 Å². The van der Waals surface area contributed by atoms with Gasteiger partial charge in [-0.1, -0.05) is 24.3 Å². The number of carbonyl (C=O) groups is 2. The van der Waals surface area contributed by atoms with Crippen molar-refractivity contribution in [3.05, 3.63) is 59.2 Å². The average Bonchev–Trinajstić information content (AvgIpc) is 2.73. The van der Waals surface area contributed by atoms with Crippen LogP contribution in [-0.4, -0.2) is 61.8 Å². The smallest absolute Gasteiger partial charge is 0.265 e. The van der Waals surface area contributed by atoms with Crippen LogP contribution >= 0.6 is 0 Å². The second-order valence-corrected chi connectivity index (χ2v) is 7.51. The molecule has 2 heterocycles. The molecule has 0 saturated carbocycles. The van der Waals surface area contributed by atoms with Crippen molar-refractivity contribution in [1.82, 2.24) is 9.80 Å². The molecule has 4 rings (SSSR count). The molecule has 1 fully saturated rings. The molecule has 0 unspecified atom stereocenters. The molecule has 2 aromatic rings. The third-order valence-electron chi connectivity index (χ3n) is 5.43. The van der Waals surface area contributed by atoms with Gasteiger partial charge in [0, 0.05) is 38.3 Å². The zero-order chi connectivity index (χ0) is 19.5. The van der Waals surface area contributed by atoms with E-state index in [2.05, 4.69) is 41.1 Å². The summed E-state index contributed by atoms with van der Waals surface area (Å²) in [5.41, 5.74) is 3.53. The van der Waals surface area contributed by atoms with Crippen LogP contribution in [0.1, 0.15) is 21.5 Å². The summed E-state index contributed by atoms with van der Waals surface area (Å²) in [4.78, 5) is 30.0. The lowest BCUT2D eigenvalue weighted by Gasteiger charge is -2.32. The summed E-state index contributed by atoms with van der Waals surface area (Å²) in [6, 6.07) is 13.6. The Hall–Kier alpha value is -2.70. The molecule has 2 aromatic carbocycles. The normalized spacial score (nSPS) is 17.9. The maximum absolute atomic E-state index is 12.4. The van der Waals surface area contributed by atoms with Crippen molar-refractivity contribution in [1.29, 1.82) is 0 Å². The lowest BCUT2D eigenvalue weighted by molar-refractivity contribution is -0.121. The number of likely N-dealkylation sites (N-methyl/N-ethyl adjacent to an activating group) is 1. The SMILES string of the molecule is CN1CCN(Cc2ccc(CN3C(=O)COc4ccc(C=O)cc43)cc2)CC1. The van der Waals surface area contributed by atoms with Crippen molar-refractivity contribution in [3.8, 4) is 5.75 Å². The molecule has 6 heteroatoms. The Morgan fingerprint density at radius 3 is 2.32 bits per heavy atom. The highest BCUT2D eigenvalue weighted by Gasteiger charge is 2.26. The molecule has 0 atom stereocenters. The minimum Gasteiger partial charge on any atom is -0.482 e. The van der Waals surface area contributed by atoms with E-state index in [1.165, 1.54) is 5.56 Å². The van der Waals surface area contributed by atoms with Gasteiger partial charge in [0.15, 0.2) is 6.61 Å². The van der Waals surface area contributed by atoms with E-state index in [-0.39, 0.29) is 12.5 Å². The number of fused-ring (bicyclic) bond motifs is 1. The third kappa shape index (κ3) is 4.08. The number of amides is 1. The van der Waals surface area contributed by atoms with Crippen LogP contribution in [0.3, 0.4) is 0 Å². The van der Waals surface area contributed by atoms with E-state index in [0.717, 1.165) is 44.6 Å². The number of rotatable bonds is 5. The average molecular weight is 379 g/mol. The number of piperazine rings is 1. The first kappa shape index (κ1) is 18.7. The summed E-state index contributed by atoms with van der Waals surface area (Å²) in [6.45, 7) is 5.85. The molecule has 0 spiro atoms. The molecule has 2 aliphatic rings. The van der Waals surface area contributed by atoms with Crippen LogP contribution in [0.15, 0.2) is 42.5 Å². The number of nitrogens with zero attached hydrogens (tertiary/aromatic N) is 3. The first-order chi connectivity index (χ1) is 13.6. The Morgan fingerprint density at radius 1 is 0.964 bits per heavy atom. The molecule has 1 saturated heterocycles. The number of hydrogen-bond acceptors (Lipinski definition) is 5. The second-order valence-electron chi connectivity index (χ2n) is 7.51. The van der Waals surface area contributed by atoms with E-state index in [9.17, 15) is 9.59 Å². The van der Waals surface area contributed by atoms with Crippen molar-refractivity contribution in [2.75, 3.05) is 44.7 Å². The van der Waals surface area contributed by atoms with E-state index < -0.39 is 0 Å². The molecule has 0 aliphatic carbocycles. The van der Waals surface area contributed by atoms with Crippen molar-refractivity contribution in [2.45, 2.75) is 13.1 Å². The third-order valence-corrected chi connectivity index (χ3v) is 5.43.